The van der Waals surface area contributed by atoms with Crippen molar-refractivity contribution in [2.24, 2.45) is 0 Å². The van der Waals surface area contributed by atoms with Gasteiger partial charge in [0.2, 0.25) is 0 Å². The van der Waals surface area contributed by atoms with Gasteiger partial charge in [-0.15, -0.1) is 10.9 Å². The maximum Gasteiger partial charge on any atom is 0.113 e. The Morgan fingerprint density at radius 1 is 0.360 bits per heavy atom. The lowest BCUT2D eigenvalue weighted by atomic mass is 9.59. The molecule has 0 N–H and O–H groups in total. The zero-order chi connectivity index (χ0) is 18.4. The Bertz CT molecular complexity index is 1200. The van der Waals surface area contributed by atoms with E-state index >= 15 is 0 Å². The quantitative estimate of drug-likeness (QED) is 0.223. The standard InChI is InChI=1S/C16HB9/c17-3-1-2-4-5-7(11(20)9(2)18)14(23)16(25)15(24)8(5)13(22)12(21)6(4)10(3)19/h1H. The molecule has 4 rings (SSSR count). The summed E-state index contributed by atoms with van der Waals surface area (Å²) < 4.78 is 0. The number of hydrogen-bond acceptors (Lipinski definition) is 0. The van der Waals surface area contributed by atoms with Crippen LogP contribution in [0.4, 0.5) is 0 Å². The summed E-state index contributed by atoms with van der Waals surface area (Å²) in [5.41, 5.74) is 2.35. The van der Waals surface area contributed by atoms with Crippen LogP contribution in [0.5, 0.6) is 0 Å². The van der Waals surface area contributed by atoms with Gasteiger partial charge in [0.05, 0.1) is 0 Å². The van der Waals surface area contributed by atoms with E-state index in [4.69, 9.17) is 70.6 Å². The molecule has 0 bridgehead atoms. The lowest BCUT2D eigenvalue weighted by Gasteiger charge is -2.27. The van der Waals surface area contributed by atoms with Crippen LogP contribution in [0.25, 0.3) is 32.3 Å². The molecule has 9 heteroatoms. The van der Waals surface area contributed by atoms with Crippen molar-refractivity contribution in [3.63, 3.8) is 0 Å². The minimum atomic E-state index is 0.176. The summed E-state index contributed by atoms with van der Waals surface area (Å²) in [7, 11) is 55.7. The normalized spacial score (nSPS) is 11.8. The molecule has 18 radical (unpaired) electrons. The van der Waals surface area contributed by atoms with E-state index in [0.717, 1.165) is 0 Å². The molecule has 0 spiro atoms. The van der Waals surface area contributed by atoms with Gasteiger partial charge in [-0.05, 0) is 32.3 Å². The second kappa shape index (κ2) is 5.25. The Labute approximate surface area is 158 Å². The van der Waals surface area contributed by atoms with Crippen LogP contribution in [0, 0.1) is 0 Å². The summed E-state index contributed by atoms with van der Waals surface area (Å²) in [5, 5.41) is 3.35. The first kappa shape index (κ1) is 16.9. The van der Waals surface area contributed by atoms with E-state index in [0.29, 0.717) is 48.7 Å². The summed E-state index contributed by atoms with van der Waals surface area (Å²) in [5.74, 6) is 0. The molecular formula is C16HB9. The molecular weight excluding hydrogens is 289 g/mol. The Balaban J connectivity index is 2.60. The predicted octanol–water partition coefficient (Wildman–Crippen LogP) is -6.27. The SMILES string of the molecule is [B]c1cc2c([B])c([B])c3c([B])c([B])c([B])c4c([B])c([B])c(c1[B])c2c34. The maximum atomic E-state index is 6.26. The molecule has 0 nitrogen and oxygen atoms in total. The smallest absolute Gasteiger partial charge is 0.109 e. The van der Waals surface area contributed by atoms with E-state index in [2.05, 4.69) is 0 Å². The molecule has 0 heterocycles. The minimum absolute atomic E-state index is 0.176. The zero-order valence-electron chi connectivity index (χ0n) is 13.3. The predicted molar refractivity (Wildman–Crippen MR) is 119 cm³/mol. The van der Waals surface area contributed by atoms with Crippen LogP contribution < -0.4 is 49.2 Å². The van der Waals surface area contributed by atoms with Crippen molar-refractivity contribution >= 4 is 152 Å². The third-order valence-corrected chi connectivity index (χ3v) is 4.95. The first-order valence-corrected chi connectivity index (χ1v) is 7.43. The first-order chi connectivity index (χ1) is 11.7. The fourth-order valence-corrected chi connectivity index (χ4v) is 3.64. The third-order valence-electron chi connectivity index (χ3n) is 4.95. The number of hydrogen-bond donors (Lipinski definition) is 0. The molecule has 0 unspecified atom stereocenters. The fourth-order valence-electron chi connectivity index (χ4n) is 3.64. The Morgan fingerprint density at radius 3 is 1.28 bits per heavy atom. The topological polar surface area (TPSA) is 0 Å². The summed E-state index contributed by atoms with van der Waals surface area (Å²) in [6, 6.07) is 1.65. The highest BCUT2D eigenvalue weighted by atomic mass is 14.2. The molecule has 92 valence electrons. The first-order valence-electron chi connectivity index (χ1n) is 7.43. The molecule has 0 atom stereocenters. The molecule has 0 aliphatic heterocycles. The second-order valence-electron chi connectivity index (χ2n) is 6.20. The van der Waals surface area contributed by atoms with Gasteiger partial charge in [-0.25, -0.2) is 0 Å². The van der Waals surface area contributed by atoms with E-state index in [1.54, 1.807) is 6.07 Å². The van der Waals surface area contributed by atoms with E-state index < -0.39 is 0 Å². The monoisotopic (exact) mass is 292 g/mol. The van der Waals surface area contributed by atoms with Gasteiger partial charge in [-0.3, -0.25) is 0 Å². The molecule has 25 heavy (non-hydrogen) atoms. The Hall–Kier alpha value is -1.50. The Morgan fingerprint density at radius 2 is 0.760 bits per heavy atom. The number of rotatable bonds is 0. The highest BCUT2D eigenvalue weighted by Gasteiger charge is 2.21. The molecule has 4 aromatic rings. The summed E-state index contributed by atoms with van der Waals surface area (Å²) >= 11 is 0. The van der Waals surface area contributed by atoms with Gasteiger partial charge in [-0.1, -0.05) is 44.3 Å². The second-order valence-corrected chi connectivity index (χ2v) is 6.20. The van der Waals surface area contributed by atoms with E-state index in [1.165, 1.54) is 0 Å². The molecule has 0 aliphatic rings. The van der Waals surface area contributed by atoms with Crippen LogP contribution in [0.1, 0.15) is 0 Å². The third kappa shape index (κ3) is 1.90. The van der Waals surface area contributed by atoms with Gasteiger partial charge in [0, 0.05) is 0 Å². The van der Waals surface area contributed by atoms with Crippen molar-refractivity contribution < 1.29 is 0 Å². The van der Waals surface area contributed by atoms with Crippen LogP contribution in [0.15, 0.2) is 6.07 Å². The minimum Gasteiger partial charge on any atom is -0.109 e. The van der Waals surface area contributed by atoms with E-state index in [1.807, 2.05) is 0 Å². The average molecular weight is 290 g/mol. The van der Waals surface area contributed by atoms with Crippen LogP contribution >= 0.6 is 0 Å². The van der Waals surface area contributed by atoms with Gasteiger partial charge >= 0.3 is 0 Å². The highest BCUT2D eigenvalue weighted by molar-refractivity contribution is 6.73. The molecule has 0 fully saturated rings. The Kier molecular flexibility index (Phi) is 3.56. The van der Waals surface area contributed by atoms with Crippen molar-refractivity contribution in [1.82, 2.24) is 0 Å². The summed E-state index contributed by atoms with van der Waals surface area (Å²) in [4.78, 5) is 0. The molecule has 0 saturated heterocycles. The van der Waals surface area contributed by atoms with Gasteiger partial charge in [-0.2, -0.15) is 0 Å². The van der Waals surface area contributed by atoms with Gasteiger partial charge in [0.25, 0.3) is 0 Å². The maximum absolute atomic E-state index is 6.26. The van der Waals surface area contributed by atoms with Crippen LogP contribution in [0.3, 0.4) is 0 Å². The highest BCUT2D eigenvalue weighted by Crippen LogP contribution is 2.27. The van der Waals surface area contributed by atoms with Crippen LogP contribution in [0.2, 0.25) is 0 Å². The van der Waals surface area contributed by atoms with Crippen LogP contribution in [-0.4, -0.2) is 70.6 Å². The van der Waals surface area contributed by atoms with Crippen molar-refractivity contribution in [2.45, 2.75) is 0 Å². The zero-order valence-corrected chi connectivity index (χ0v) is 13.3. The molecule has 0 aliphatic carbocycles. The lowest BCUT2D eigenvalue weighted by Crippen LogP contribution is -2.47. The van der Waals surface area contributed by atoms with Crippen molar-refractivity contribution in [3.8, 4) is 0 Å². The average Bonchev–Trinajstić information content (AvgIpc) is 2.57. The van der Waals surface area contributed by atoms with E-state index in [-0.39, 0.29) is 32.8 Å². The molecule has 4 aromatic carbocycles. The number of benzene rings is 4. The van der Waals surface area contributed by atoms with Crippen molar-refractivity contribution in [1.29, 1.82) is 0 Å². The van der Waals surface area contributed by atoms with Crippen molar-refractivity contribution in [3.05, 3.63) is 6.07 Å². The summed E-state index contributed by atoms with van der Waals surface area (Å²) in [6.45, 7) is 0. The molecule has 0 aromatic heterocycles. The largest absolute Gasteiger partial charge is 0.113 e. The van der Waals surface area contributed by atoms with Gasteiger partial charge in [0.1, 0.15) is 70.6 Å². The summed E-state index contributed by atoms with van der Waals surface area (Å²) in [6.07, 6.45) is 0. The molecule has 0 saturated carbocycles. The van der Waals surface area contributed by atoms with Gasteiger partial charge < -0.3 is 0 Å². The van der Waals surface area contributed by atoms with E-state index in [9.17, 15) is 0 Å². The van der Waals surface area contributed by atoms with Gasteiger partial charge in [0.15, 0.2) is 0 Å². The van der Waals surface area contributed by atoms with Crippen LogP contribution in [-0.2, 0) is 0 Å². The lowest BCUT2D eigenvalue weighted by molar-refractivity contribution is 2.00. The fraction of sp³-hybridized carbons (Fsp3) is 0. The van der Waals surface area contributed by atoms with Crippen molar-refractivity contribution in [2.75, 3.05) is 0 Å². The molecule has 0 amide bonds.